The number of ether oxygens (including phenoxy) is 1. The zero-order valence-corrected chi connectivity index (χ0v) is 13.2. The van der Waals surface area contributed by atoms with E-state index in [4.69, 9.17) is 21.7 Å². The van der Waals surface area contributed by atoms with E-state index in [1.165, 1.54) is 13.3 Å². The summed E-state index contributed by atoms with van der Waals surface area (Å²) in [5.41, 5.74) is 2.54. The van der Waals surface area contributed by atoms with Gasteiger partial charge in [-0.3, -0.25) is 0 Å². The van der Waals surface area contributed by atoms with Gasteiger partial charge in [0.1, 0.15) is 11.0 Å². The second-order valence-corrected chi connectivity index (χ2v) is 5.26. The van der Waals surface area contributed by atoms with E-state index < -0.39 is 0 Å². The van der Waals surface area contributed by atoms with Crippen LogP contribution in [0.1, 0.15) is 11.1 Å². The highest BCUT2D eigenvalue weighted by Crippen LogP contribution is 2.27. The van der Waals surface area contributed by atoms with Crippen LogP contribution in [0.3, 0.4) is 0 Å². The molecule has 0 fully saturated rings. The Hall–Kier alpha value is -1.66. The molecule has 104 valence electrons. The summed E-state index contributed by atoms with van der Waals surface area (Å²) in [6, 6.07) is 5.56. The third-order valence-corrected chi connectivity index (χ3v) is 3.65. The van der Waals surface area contributed by atoms with E-state index >= 15 is 0 Å². The molecule has 0 aliphatic carbocycles. The molecule has 0 saturated carbocycles. The van der Waals surface area contributed by atoms with Crippen molar-refractivity contribution in [3.05, 3.63) is 39.0 Å². The Morgan fingerprint density at radius 3 is 2.75 bits per heavy atom. The molecule has 2 N–H and O–H groups in total. The molecule has 1 aromatic carbocycles. The second kappa shape index (κ2) is 6.19. The van der Waals surface area contributed by atoms with Crippen LogP contribution < -0.4 is 10.1 Å². The molecule has 0 bridgehead atoms. The van der Waals surface area contributed by atoms with E-state index in [-0.39, 0.29) is 11.2 Å². The Labute approximate surface area is 130 Å². The van der Waals surface area contributed by atoms with Crippen LogP contribution >= 0.6 is 27.5 Å². The van der Waals surface area contributed by atoms with Gasteiger partial charge in [-0.1, -0.05) is 27.5 Å². The number of methoxy groups -OCH3 is 1. The number of benzene rings is 1. The Morgan fingerprint density at radius 2 is 2.10 bits per heavy atom. The SMILES string of the molecule is COc1nc(Cl)cc(Nc2cc(Br)c(C)cc2C=N)n1. The van der Waals surface area contributed by atoms with Crippen molar-refractivity contribution in [2.75, 3.05) is 12.4 Å². The molecule has 0 radical (unpaired) electrons. The monoisotopic (exact) mass is 354 g/mol. The highest BCUT2D eigenvalue weighted by molar-refractivity contribution is 9.10. The van der Waals surface area contributed by atoms with Crippen molar-refractivity contribution in [2.45, 2.75) is 6.92 Å². The van der Waals surface area contributed by atoms with Gasteiger partial charge in [0, 0.05) is 28.0 Å². The lowest BCUT2D eigenvalue weighted by Gasteiger charge is -2.11. The van der Waals surface area contributed by atoms with Crippen LogP contribution in [0.5, 0.6) is 6.01 Å². The molecular weight excluding hydrogens is 344 g/mol. The maximum Gasteiger partial charge on any atom is 0.319 e. The first-order chi connectivity index (χ1) is 9.53. The largest absolute Gasteiger partial charge is 0.467 e. The third kappa shape index (κ3) is 3.26. The molecule has 0 atom stereocenters. The van der Waals surface area contributed by atoms with Gasteiger partial charge in [0.05, 0.1) is 7.11 Å². The molecule has 0 amide bonds. The first kappa shape index (κ1) is 14.7. The lowest BCUT2D eigenvalue weighted by molar-refractivity contribution is 0.380. The normalized spacial score (nSPS) is 10.2. The fraction of sp³-hybridized carbons (Fsp3) is 0.154. The molecule has 0 unspecified atom stereocenters. The van der Waals surface area contributed by atoms with Crippen molar-refractivity contribution >= 4 is 45.3 Å². The summed E-state index contributed by atoms with van der Waals surface area (Å²) in [4.78, 5) is 8.06. The van der Waals surface area contributed by atoms with E-state index in [1.54, 1.807) is 6.07 Å². The van der Waals surface area contributed by atoms with Crippen molar-refractivity contribution in [3.63, 3.8) is 0 Å². The van der Waals surface area contributed by atoms with Crippen molar-refractivity contribution in [3.8, 4) is 6.01 Å². The molecule has 0 spiro atoms. The number of nitrogens with zero attached hydrogens (tertiary/aromatic N) is 2. The predicted molar refractivity (Wildman–Crippen MR) is 83.6 cm³/mol. The van der Waals surface area contributed by atoms with Gasteiger partial charge in [-0.25, -0.2) is 0 Å². The first-order valence-corrected chi connectivity index (χ1v) is 6.87. The Bertz CT molecular complexity index is 663. The van der Waals surface area contributed by atoms with Crippen LogP contribution in [0.2, 0.25) is 5.15 Å². The zero-order chi connectivity index (χ0) is 14.7. The van der Waals surface area contributed by atoms with Crippen LogP contribution in [0.4, 0.5) is 11.5 Å². The predicted octanol–water partition coefficient (Wildman–Crippen LogP) is 3.95. The Balaban J connectivity index is 2.41. The molecule has 5 nitrogen and oxygen atoms in total. The molecule has 1 aromatic heterocycles. The van der Waals surface area contributed by atoms with Crippen LogP contribution in [0.25, 0.3) is 0 Å². The van der Waals surface area contributed by atoms with Crippen LogP contribution in [-0.2, 0) is 0 Å². The summed E-state index contributed by atoms with van der Waals surface area (Å²) in [6.07, 6.45) is 1.28. The number of aryl methyl sites for hydroxylation is 1. The highest BCUT2D eigenvalue weighted by Gasteiger charge is 2.08. The lowest BCUT2D eigenvalue weighted by Crippen LogP contribution is -2.01. The summed E-state index contributed by atoms with van der Waals surface area (Å²) in [5.74, 6) is 0.501. The molecule has 2 aromatic rings. The van der Waals surface area contributed by atoms with Gasteiger partial charge in [0.2, 0.25) is 0 Å². The van der Waals surface area contributed by atoms with Crippen molar-refractivity contribution in [2.24, 2.45) is 0 Å². The molecular formula is C13H12BrClN4O. The minimum absolute atomic E-state index is 0.183. The number of nitrogens with one attached hydrogen (secondary N) is 2. The van der Waals surface area contributed by atoms with E-state index in [2.05, 4.69) is 31.2 Å². The highest BCUT2D eigenvalue weighted by atomic mass is 79.9. The number of halogens is 2. The van der Waals surface area contributed by atoms with Gasteiger partial charge in [-0.15, -0.1) is 0 Å². The van der Waals surface area contributed by atoms with E-state index in [9.17, 15) is 0 Å². The number of anilines is 2. The topological polar surface area (TPSA) is 70.9 Å². The van der Waals surface area contributed by atoms with Crippen LogP contribution in [0, 0.1) is 12.3 Å². The summed E-state index contributed by atoms with van der Waals surface area (Å²) in [7, 11) is 1.47. The lowest BCUT2D eigenvalue weighted by atomic mass is 10.1. The molecule has 1 heterocycles. The van der Waals surface area contributed by atoms with E-state index in [0.29, 0.717) is 5.82 Å². The average molecular weight is 356 g/mol. The molecule has 0 aliphatic rings. The summed E-state index contributed by atoms with van der Waals surface area (Å²) >= 11 is 9.37. The molecule has 2 rings (SSSR count). The van der Waals surface area contributed by atoms with Crippen molar-refractivity contribution < 1.29 is 4.74 Å². The smallest absolute Gasteiger partial charge is 0.319 e. The van der Waals surface area contributed by atoms with E-state index in [1.807, 2.05) is 19.1 Å². The number of rotatable bonds is 4. The number of hydrogen-bond donors (Lipinski definition) is 2. The van der Waals surface area contributed by atoms with Gasteiger partial charge in [-0.2, -0.15) is 9.97 Å². The fourth-order valence-corrected chi connectivity index (χ4v) is 2.14. The fourth-order valence-electron chi connectivity index (χ4n) is 1.62. The molecule has 0 saturated heterocycles. The third-order valence-electron chi connectivity index (χ3n) is 2.61. The minimum atomic E-state index is 0.183. The van der Waals surface area contributed by atoms with Gasteiger partial charge in [0.15, 0.2) is 0 Å². The maximum absolute atomic E-state index is 7.47. The van der Waals surface area contributed by atoms with E-state index in [0.717, 1.165) is 21.3 Å². The summed E-state index contributed by atoms with van der Waals surface area (Å²) < 4.78 is 5.91. The summed E-state index contributed by atoms with van der Waals surface area (Å²) in [6.45, 7) is 1.96. The second-order valence-electron chi connectivity index (χ2n) is 4.02. The standard InChI is InChI=1S/C13H12BrClN4O/c1-7-3-8(6-16)10(4-9(7)14)17-12-5-11(15)18-13(19-12)20-2/h3-6,16H,1-2H3,(H,17,18,19). The van der Waals surface area contributed by atoms with Crippen molar-refractivity contribution in [1.82, 2.24) is 9.97 Å². The number of hydrogen-bond acceptors (Lipinski definition) is 5. The maximum atomic E-state index is 7.47. The van der Waals surface area contributed by atoms with Crippen LogP contribution in [-0.4, -0.2) is 23.3 Å². The number of aromatic nitrogens is 2. The Morgan fingerprint density at radius 1 is 1.35 bits per heavy atom. The van der Waals surface area contributed by atoms with Gasteiger partial charge in [-0.05, 0) is 24.6 Å². The molecule has 20 heavy (non-hydrogen) atoms. The minimum Gasteiger partial charge on any atom is -0.467 e. The van der Waals surface area contributed by atoms with Crippen LogP contribution in [0.15, 0.2) is 22.7 Å². The van der Waals surface area contributed by atoms with Gasteiger partial charge in [0.25, 0.3) is 0 Å². The van der Waals surface area contributed by atoms with Crippen molar-refractivity contribution in [1.29, 1.82) is 5.41 Å². The zero-order valence-electron chi connectivity index (χ0n) is 10.9. The molecule has 7 heteroatoms. The Kier molecular flexibility index (Phi) is 4.57. The average Bonchev–Trinajstić information content (AvgIpc) is 2.42. The van der Waals surface area contributed by atoms with Gasteiger partial charge >= 0.3 is 6.01 Å². The quantitative estimate of drug-likeness (QED) is 0.643. The summed E-state index contributed by atoms with van der Waals surface area (Å²) in [5, 5.41) is 10.9. The van der Waals surface area contributed by atoms with Gasteiger partial charge < -0.3 is 15.5 Å². The first-order valence-electron chi connectivity index (χ1n) is 5.69. The molecule has 0 aliphatic heterocycles.